The van der Waals surface area contributed by atoms with Gasteiger partial charge in [0.05, 0.1) is 11.7 Å². The summed E-state index contributed by atoms with van der Waals surface area (Å²) in [6.45, 7) is 1.90. The van der Waals surface area contributed by atoms with Crippen LogP contribution in [0.5, 0.6) is 0 Å². The third-order valence-electron chi connectivity index (χ3n) is 4.82. The number of hydrogen-bond acceptors (Lipinski definition) is 4. The standard InChI is InChI=1S/C22H24N4/c1-23-14-8-16-26-20-13-6-5-11-18(20)21(17-9-3-2-4-10-17)25-19-12-7-15-24-22(19)26/h2-7,9-13,15,21,23,25H,8,14,16H2,1H3. The molecule has 26 heavy (non-hydrogen) atoms. The molecule has 1 aliphatic heterocycles. The number of aromatic nitrogens is 1. The second-order valence-corrected chi connectivity index (χ2v) is 6.53. The zero-order chi connectivity index (χ0) is 17.8. The molecule has 0 spiro atoms. The molecule has 1 aliphatic rings. The van der Waals surface area contributed by atoms with Crippen molar-refractivity contribution in [3.05, 3.63) is 84.1 Å². The van der Waals surface area contributed by atoms with E-state index in [9.17, 15) is 0 Å². The number of rotatable bonds is 5. The molecule has 1 unspecified atom stereocenters. The summed E-state index contributed by atoms with van der Waals surface area (Å²) in [5.41, 5.74) is 4.83. The van der Waals surface area contributed by atoms with Crippen molar-refractivity contribution in [2.75, 3.05) is 30.4 Å². The lowest BCUT2D eigenvalue weighted by Gasteiger charge is -2.25. The summed E-state index contributed by atoms with van der Waals surface area (Å²) in [7, 11) is 2.00. The summed E-state index contributed by atoms with van der Waals surface area (Å²) in [5, 5.41) is 6.98. The minimum atomic E-state index is 0.102. The van der Waals surface area contributed by atoms with Gasteiger partial charge in [-0.1, -0.05) is 48.5 Å². The predicted molar refractivity (Wildman–Crippen MR) is 108 cm³/mol. The first kappa shape index (κ1) is 16.6. The highest BCUT2D eigenvalue weighted by Crippen LogP contribution is 2.42. The van der Waals surface area contributed by atoms with Crippen molar-refractivity contribution in [3.63, 3.8) is 0 Å². The Labute approximate surface area is 154 Å². The molecular weight excluding hydrogens is 320 g/mol. The van der Waals surface area contributed by atoms with Gasteiger partial charge < -0.3 is 15.5 Å². The van der Waals surface area contributed by atoms with Crippen LogP contribution in [0.1, 0.15) is 23.6 Å². The van der Waals surface area contributed by atoms with Crippen molar-refractivity contribution in [3.8, 4) is 0 Å². The topological polar surface area (TPSA) is 40.2 Å². The van der Waals surface area contributed by atoms with Gasteiger partial charge in [0.2, 0.25) is 0 Å². The maximum atomic E-state index is 4.71. The second-order valence-electron chi connectivity index (χ2n) is 6.53. The van der Waals surface area contributed by atoms with Crippen molar-refractivity contribution < 1.29 is 0 Å². The summed E-state index contributed by atoms with van der Waals surface area (Å²) in [4.78, 5) is 7.05. The van der Waals surface area contributed by atoms with Crippen LogP contribution < -0.4 is 15.5 Å². The SMILES string of the molecule is CNCCCN1c2ccccc2C(c2ccccc2)Nc2cccnc21. The van der Waals surface area contributed by atoms with Crippen molar-refractivity contribution in [2.24, 2.45) is 0 Å². The number of benzene rings is 2. The van der Waals surface area contributed by atoms with Gasteiger partial charge in [-0.15, -0.1) is 0 Å². The largest absolute Gasteiger partial charge is 0.371 e. The van der Waals surface area contributed by atoms with Crippen molar-refractivity contribution in [1.29, 1.82) is 0 Å². The number of nitrogens with zero attached hydrogens (tertiary/aromatic N) is 2. The molecule has 4 rings (SSSR count). The molecule has 0 bridgehead atoms. The van der Waals surface area contributed by atoms with Crippen LogP contribution in [0.25, 0.3) is 0 Å². The zero-order valence-corrected chi connectivity index (χ0v) is 15.0. The highest BCUT2D eigenvalue weighted by Gasteiger charge is 2.27. The fraction of sp³-hybridized carbons (Fsp3) is 0.227. The van der Waals surface area contributed by atoms with E-state index < -0.39 is 0 Å². The number of hydrogen-bond donors (Lipinski definition) is 2. The van der Waals surface area contributed by atoms with Gasteiger partial charge in [-0.2, -0.15) is 0 Å². The number of fused-ring (bicyclic) bond motifs is 2. The van der Waals surface area contributed by atoms with Gasteiger partial charge in [0.25, 0.3) is 0 Å². The van der Waals surface area contributed by atoms with Crippen molar-refractivity contribution in [2.45, 2.75) is 12.5 Å². The third-order valence-corrected chi connectivity index (χ3v) is 4.82. The van der Waals surface area contributed by atoms with Crippen LogP contribution in [-0.4, -0.2) is 25.1 Å². The molecule has 0 saturated heterocycles. The molecular formula is C22H24N4. The van der Waals surface area contributed by atoms with Gasteiger partial charge in [0.1, 0.15) is 0 Å². The molecule has 1 aromatic heterocycles. The van der Waals surface area contributed by atoms with E-state index in [0.717, 1.165) is 31.0 Å². The summed E-state index contributed by atoms with van der Waals surface area (Å²) in [6, 6.07) is 23.5. The lowest BCUT2D eigenvalue weighted by molar-refractivity contribution is 0.720. The van der Waals surface area contributed by atoms with E-state index >= 15 is 0 Å². The Hall–Kier alpha value is -2.85. The molecule has 2 N–H and O–H groups in total. The minimum Gasteiger partial charge on any atom is -0.371 e. The first-order valence-electron chi connectivity index (χ1n) is 9.16. The van der Waals surface area contributed by atoms with Crippen LogP contribution in [0.4, 0.5) is 17.2 Å². The molecule has 0 amide bonds. The monoisotopic (exact) mass is 344 g/mol. The van der Waals surface area contributed by atoms with E-state index in [1.165, 1.54) is 16.8 Å². The maximum Gasteiger partial charge on any atom is 0.156 e. The summed E-state index contributed by atoms with van der Waals surface area (Å²) in [6.07, 6.45) is 2.92. The minimum absolute atomic E-state index is 0.102. The van der Waals surface area contributed by atoms with Crippen LogP contribution in [-0.2, 0) is 0 Å². The van der Waals surface area contributed by atoms with E-state index in [2.05, 4.69) is 76.2 Å². The summed E-state index contributed by atoms with van der Waals surface area (Å²) in [5.74, 6) is 0.995. The summed E-state index contributed by atoms with van der Waals surface area (Å²) < 4.78 is 0. The van der Waals surface area contributed by atoms with E-state index in [1.807, 2.05) is 19.3 Å². The predicted octanol–water partition coefficient (Wildman–Crippen LogP) is 4.34. The van der Waals surface area contributed by atoms with E-state index in [-0.39, 0.29) is 6.04 Å². The van der Waals surface area contributed by atoms with Gasteiger partial charge in [0, 0.05) is 24.0 Å². The van der Waals surface area contributed by atoms with Gasteiger partial charge in [0.15, 0.2) is 5.82 Å². The van der Waals surface area contributed by atoms with Crippen LogP contribution in [0, 0.1) is 0 Å². The Balaban J connectivity index is 1.84. The van der Waals surface area contributed by atoms with E-state index in [0.29, 0.717) is 0 Å². The van der Waals surface area contributed by atoms with Crippen molar-refractivity contribution in [1.82, 2.24) is 10.3 Å². The van der Waals surface area contributed by atoms with E-state index in [4.69, 9.17) is 4.98 Å². The molecule has 0 fully saturated rings. The molecule has 0 saturated carbocycles. The van der Waals surface area contributed by atoms with Gasteiger partial charge in [-0.25, -0.2) is 4.98 Å². The van der Waals surface area contributed by atoms with Crippen LogP contribution in [0.15, 0.2) is 72.9 Å². The molecule has 0 aliphatic carbocycles. The van der Waals surface area contributed by atoms with Gasteiger partial charge in [-0.3, -0.25) is 0 Å². The summed E-state index contributed by atoms with van der Waals surface area (Å²) >= 11 is 0. The molecule has 2 aromatic carbocycles. The Morgan fingerprint density at radius 3 is 2.65 bits per heavy atom. The molecule has 132 valence electrons. The van der Waals surface area contributed by atoms with Gasteiger partial charge in [-0.05, 0) is 43.8 Å². The normalized spacial score (nSPS) is 15.6. The first-order chi connectivity index (χ1) is 12.9. The Bertz CT molecular complexity index is 863. The Kier molecular flexibility index (Phi) is 4.84. The van der Waals surface area contributed by atoms with Crippen LogP contribution >= 0.6 is 0 Å². The number of anilines is 3. The van der Waals surface area contributed by atoms with E-state index in [1.54, 1.807) is 0 Å². The average Bonchev–Trinajstić information content (AvgIpc) is 2.84. The Morgan fingerprint density at radius 2 is 1.81 bits per heavy atom. The molecule has 2 heterocycles. The van der Waals surface area contributed by atoms with Crippen LogP contribution in [0.2, 0.25) is 0 Å². The molecule has 3 aromatic rings. The molecule has 4 heteroatoms. The number of para-hydroxylation sites is 1. The van der Waals surface area contributed by atoms with Gasteiger partial charge >= 0.3 is 0 Å². The zero-order valence-electron chi connectivity index (χ0n) is 15.0. The maximum absolute atomic E-state index is 4.71. The highest BCUT2D eigenvalue weighted by molar-refractivity contribution is 5.79. The van der Waals surface area contributed by atoms with Crippen molar-refractivity contribution >= 4 is 17.2 Å². The first-order valence-corrected chi connectivity index (χ1v) is 9.16. The average molecular weight is 344 g/mol. The fourth-order valence-corrected chi connectivity index (χ4v) is 3.60. The third kappa shape index (κ3) is 3.16. The highest BCUT2D eigenvalue weighted by atomic mass is 15.2. The number of nitrogens with one attached hydrogen (secondary N) is 2. The molecule has 1 atom stereocenters. The lowest BCUT2D eigenvalue weighted by atomic mass is 9.97. The Morgan fingerprint density at radius 1 is 1.00 bits per heavy atom. The fourth-order valence-electron chi connectivity index (χ4n) is 3.60. The molecule has 0 radical (unpaired) electrons. The quantitative estimate of drug-likeness (QED) is 0.675. The lowest BCUT2D eigenvalue weighted by Crippen LogP contribution is -2.23. The van der Waals surface area contributed by atoms with Crippen LogP contribution in [0.3, 0.4) is 0 Å². The smallest absolute Gasteiger partial charge is 0.156 e. The molecule has 4 nitrogen and oxygen atoms in total. The second kappa shape index (κ2) is 7.58. The number of pyridine rings is 1.